The number of fused-ring (bicyclic) bond motifs is 4. The second kappa shape index (κ2) is 11.8. The summed E-state index contributed by atoms with van der Waals surface area (Å²) in [7, 11) is 2.80. The molecule has 0 amide bonds. The molecule has 2 aliphatic rings. The monoisotopic (exact) mass is 564 g/mol. The molecule has 0 spiro atoms. The van der Waals surface area contributed by atoms with Crippen LogP contribution in [0.1, 0.15) is 61.3 Å². The molecule has 0 saturated carbocycles. The molecule has 4 heterocycles. The summed E-state index contributed by atoms with van der Waals surface area (Å²) >= 11 is 0. The normalized spacial score (nSPS) is 19.0. The largest absolute Gasteiger partial charge is 0.502 e. The van der Waals surface area contributed by atoms with Crippen molar-refractivity contribution in [2.75, 3.05) is 27.3 Å². The van der Waals surface area contributed by atoms with Crippen LogP contribution in [-0.2, 0) is 22.6 Å². The van der Waals surface area contributed by atoms with Crippen molar-refractivity contribution in [3.8, 4) is 17.2 Å². The predicted molar refractivity (Wildman–Crippen MR) is 151 cm³/mol. The van der Waals surface area contributed by atoms with E-state index in [1.54, 1.807) is 30.3 Å². The molecule has 10 nitrogen and oxygen atoms in total. The maximum atomic E-state index is 13.0. The molecule has 2 bridgehead atoms. The number of hydrogen-bond donors (Lipinski definition) is 1. The number of benzene rings is 1. The number of aromatic nitrogens is 1. The minimum absolute atomic E-state index is 0.00779. The van der Waals surface area contributed by atoms with Crippen molar-refractivity contribution >= 4 is 5.97 Å². The molecule has 2 aromatic heterocycles. The predicted octanol–water partition coefficient (Wildman–Crippen LogP) is 3.62. The molecule has 1 N–H and O–H groups in total. The molecule has 0 radical (unpaired) electrons. The zero-order valence-electron chi connectivity index (χ0n) is 23.8. The molecular formula is C31H36N2O8. The zero-order valence-corrected chi connectivity index (χ0v) is 23.8. The second-order valence-corrected chi connectivity index (χ2v) is 11.1. The Morgan fingerprint density at radius 1 is 1.07 bits per heavy atom. The van der Waals surface area contributed by atoms with E-state index < -0.39 is 23.1 Å². The Kier molecular flexibility index (Phi) is 8.21. The van der Waals surface area contributed by atoms with E-state index in [0.717, 1.165) is 18.7 Å². The maximum Gasteiger partial charge on any atom is 0.306 e. The SMILES string of the molecule is COC(=O)C[C@@H](c1ccc(OC(C)C)c(OC)c1)c1oc(CN2C[C@@H]3C[C@H](C2)c2cccc(=O)n2C3)cc(=O)c1O. The van der Waals surface area contributed by atoms with Crippen LogP contribution < -0.4 is 20.5 Å². The zero-order chi connectivity index (χ0) is 29.3. The van der Waals surface area contributed by atoms with Gasteiger partial charge in [-0.2, -0.15) is 0 Å². The van der Waals surface area contributed by atoms with Crippen LogP contribution in [0.25, 0.3) is 0 Å². The van der Waals surface area contributed by atoms with Gasteiger partial charge in [0.1, 0.15) is 5.76 Å². The van der Waals surface area contributed by atoms with Gasteiger partial charge in [0.2, 0.25) is 11.2 Å². The Labute approximate surface area is 238 Å². The third-order valence-electron chi connectivity index (χ3n) is 7.80. The van der Waals surface area contributed by atoms with Crippen molar-refractivity contribution in [1.82, 2.24) is 9.47 Å². The third-order valence-corrected chi connectivity index (χ3v) is 7.80. The molecule has 1 saturated heterocycles. The average Bonchev–Trinajstić information content (AvgIpc) is 2.94. The molecule has 5 rings (SSSR count). The second-order valence-electron chi connectivity index (χ2n) is 11.1. The highest BCUT2D eigenvalue weighted by atomic mass is 16.5. The number of aromatic hydroxyl groups is 1. The molecule has 1 aromatic carbocycles. The third kappa shape index (κ3) is 6.02. The van der Waals surface area contributed by atoms with Crippen LogP contribution in [0.5, 0.6) is 17.2 Å². The van der Waals surface area contributed by atoms with Crippen LogP contribution in [0.4, 0.5) is 0 Å². The van der Waals surface area contributed by atoms with Crippen molar-refractivity contribution in [2.45, 2.75) is 57.7 Å². The summed E-state index contributed by atoms with van der Waals surface area (Å²) in [6, 6.07) is 11.9. The van der Waals surface area contributed by atoms with Gasteiger partial charge < -0.3 is 28.3 Å². The summed E-state index contributed by atoms with van der Waals surface area (Å²) in [5.74, 6) is -0.0283. The van der Waals surface area contributed by atoms with Gasteiger partial charge >= 0.3 is 5.97 Å². The first-order valence-electron chi connectivity index (χ1n) is 13.9. The molecule has 218 valence electrons. The summed E-state index contributed by atoms with van der Waals surface area (Å²) in [5.41, 5.74) is 1.06. The van der Waals surface area contributed by atoms with Crippen molar-refractivity contribution in [3.05, 3.63) is 85.8 Å². The molecule has 3 atom stereocenters. The minimum atomic E-state index is -0.809. The van der Waals surface area contributed by atoms with E-state index in [4.69, 9.17) is 18.6 Å². The number of carbonyl (C=O) groups is 1. The van der Waals surface area contributed by atoms with Gasteiger partial charge in [-0.15, -0.1) is 0 Å². The fourth-order valence-electron chi connectivity index (χ4n) is 6.08. The Hall–Kier alpha value is -4.05. The van der Waals surface area contributed by atoms with Crippen molar-refractivity contribution in [3.63, 3.8) is 0 Å². The van der Waals surface area contributed by atoms with Gasteiger partial charge in [-0.25, -0.2) is 0 Å². The van der Waals surface area contributed by atoms with Crippen molar-refractivity contribution in [2.24, 2.45) is 5.92 Å². The molecule has 0 unspecified atom stereocenters. The fraction of sp³-hybridized carbons (Fsp3) is 0.452. The van der Waals surface area contributed by atoms with Crippen LogP contribution in [0, 0.1) is 5.92 Å². The highest BCUT2D eigenvalue weighted by molar-refractivity contribution is 5.71. The van der Waals surface area contributed by atoms with Crippen molar-refractivity contribution in [1.29, 1.82) is 0 Å². The van der Waals surface area contributed by atoms with E-state index in [0.29, 0.717) is 48.4 Å². The van der Waals surface area contributed by atoms with Crippen LogP contribution in [0.3, 0.4) is 0 Å². The summed E-state index contributed by atoms with van der Waals surface area (Å²) in [6.45, 7) is 6.27. The number of carbonyl (C=O) groups excluding carboxylic acids is 1. The standard InChI is InChI=1S/C31H36N2O8/c1-18(2)40-26-9-8-20(11-27(26)38-3)23(13-29(36)39-4)31-30(37)25(34)12-22(41-31)17-32-14-19-10-21(16-32)24-6-5-7-28(35)33(24)15-19/h5-9,11-12,18-19,21,23,37H,10,13-17H2,1-4H3/t19-,21+,23-/m0/s1. The van der Waals surface area contributed by atoms with Crippen molar-refractivity contribution < 1.29 is 28.5 Å². The number of rotatable bonds is 9. The first-order valence-corrected chi connectivity index (χ1v) is 13.9. The smallest absolute Gasteiger partial charge is 0.306 e. The van der Waals surface area contributed by atoms with Crippen LogP contribution in [-0.4, -0.2) is 54.0 Å². The number of piperidine rings is 1. The highest BCUT2D eigenvalue weighted by Crippen LogP contribution is 2.39. The Morgan fingerprint density at radius 3 is 2.61 bits per heavy atom. The van der Waals surface area contributed by atoms with E-state index in [-0.39, 0.29) is 29.8 Å². The summed E-state index contributed by atoms with van der Waals surface area (Å²) in [6.07, 6.45) is 0.760. The molecule has 2 aliphatic heterocycles. The van der Waals surface area contributed by atoms with E-state index in [1.807, 2.05) is 24.5 Å². The molecular weight excluding hydrogens is 528 g/mol. The van der Waals surface area contributed by atoms with Crippen LogP contribution in [0.15, 0.2) is 56.5 Å². The summed E-state index contributed by atoms with van der Waals surface area (Å²) in [4.78, 5) is 40.0. The maximum absolute atomic E-state index is 13.0. The minimum Gasteiger partial charge on any atom is -0.502 e. The first-order chi connectivity index (χ1) is 19.7. The number of nitrogens with zero attached hydrogens (tertiary/aromatic N) is 2. The Morgan fingerprint density at radius 2 is 1.88 bits per heavy atom. The van der Waals surface area contributed by atoms with E-state index >= 15 is 0 Å². The van der Waals surface area contributed by atoms with E-state index in [9.17, 15) is 19.5 Å². The van der Waals surface area contributed by atoms with Crippen LogP contribution >= 0.6 is 0 Å². The van der Waals surface area contributed by atoms with Gasteiger partial charge in [-0.3, -0.25) is 19.3 Å². The average molecular weight is 565 g/mol. The topological polar surface area (TPSA) is 120 Å². The lowest BCUT2D eigenvalue weighted by atomic mass is 9.83. The van der Waals surface area contributed by atoms with Gasteiger partial charge in [-0.1, -0.05) is 12.1 Å². The molecule has 0 aliphatic carbocycles. The van der Waals surface area contributed by atoms with Gasteiger partial charge in [0.15, 0.2) is 17.3 Å². The molecule has 41 heavy (non-hydrogen) atoms. The van der Waals surface area contributed by atoms with E-state index in [2.05, 4.69) is 4.90 Å². The molecule has 10 heteroatoms. The molecule has 3 aromatic rings. The lowest BCUT2D eigenvalue weighted by Gasteiger charge is -2.42. The van der Waals surface area contributed by atoms with Crippen LogP contribution in [0.2, 0.25) is 0 Å². The highest BCUT2D eigenvalue weighted by Gasteiger charge is 2.35. The van der Waals surface area contributed by atoms with E-state index in [1.165, 1.54) is 20.3 Å². The fourth-order valence-corrected chi connectivity index (χ4v) is 6.08. The summed E-state index contributed by atoms with van der Waals surface area (Å²) in [5, 5.41) is 10.9. The van der Waals surface area contributed by atoms with Gasteiger partial charge in [0.25, 0.3) is 5.56 Å². The first kappa shape index (κ1) is 28.5. The number of likely N-dealkylation sites (tertiary alicyclic amines) is 1. The Bertz CT molecular complexity index is 1540. The lowest BCUT2D eigenvalue weighted by Crippen LogP contribution is -2.46. The number of hydrogen-bond acceptors (Lipinski definition) is 9. The number of esters is 1. The van der Waals surface area contributed by atoms with Gasteiger partial charge in [-0.05, 0) is 49.9 Å². The Balaban J connectivity index is 1.47. The number of pyridine rings is 1. The number of methoxy groups -OCH3 is 2. The quantitative estimate of drug-likeness (QED) is 0.389. The van der Waals surface area contributed by atoms with Gasteiger partial charge in [0, 0.05) is 43.4 Å². The lowest BCUT2D eigenvalue weighted by molar-refractivity contribution is -0.140. The summed E-state index contributed by atoms with van der Waals surface area (Å²) < 4.78 is 24.4. The van der Waals surface area contributed by atoms with Gasteiger partial charge in [0.05, 0.1) is 39.2 Å². The molecule has 1 fully saturated rings. The number of ether oxygens (including phenoxy) is 3.